The number of hydrogen-bond donors (Lipinski definition) is 3. The third kappa shape index (κ3) is 2.96. The van der Waals surface area contributed by atoms with Gasteiger partial charge in [-0.3, -0.25) is 4.79 Å². The number of carbonyl (C=O) groups excluding carboxylic acids is 1. The lowest BCUT2D eigenvalue weighted by molar-refractivity contribution is -0.123. The molecule has 0 aromatic heterocycles. The van der Waals surface area contributed by atoms with Crippen LogP contribution < -0.4 is 16.8 Å². The molecule has 1 saturated carbocycles. The second-order valence-electron chi connectivity index (χ2n) is 4.08. The van der Waals surface area contributed by atoms with Gasteiger partial charge in [-0.05, 0) is 19.3 Å². The van der Waals surface area contributed by atoms with Crippen LogP contribution in [0.25, 0.3) is 0 Å². The lowest BCUT2D eigenvalue weighted by atomic mass is 9.91. The summed E-state index contributed by atoms with van der Waals surface area (Å²) in [4.78, 5) is 11.5. The van der Waals surface area contributed by atoms with Gasteiger partial charge in [0.15, 0.2) is 0 Å². The normalized spacial score (nSPS) is 29.6. The van der Waals surface area contributed by atoms with E-state index in [-0.39, 0.29) is 24.0 Å². The van der Waals surface area contributed by atoms with Gasteiger partial charge >= 0.3 is 0 Å². The van der Waals surface area contributed by atoms with E-state index in [1.807, 2.05) is 6.92 Å². The van der Waals surface area contributed by atoms with Gasteiger partial charge in [-0.25, -0.2) is 0 Å². The van der Waals surface area contributed by atoms with Crippen molar-refractivity contribution in [1.29, 1.82) is 0 Å². The van der Waals surface area contributed by atoms with Gasteiger partial charge in [0.05, 0.1) is 6.04 Å². The number of rotatable bonds is 3. The molecule has 4 nitrogen and oxygen atoms in total. The molecule has 0 aliphatic heterocycles. The van der Waals surface area contributed by atoms with Gasteiger partial charge in [0, 0.05) is 12.1 Å². The molecule has 1 rings (SSSR count). The molecule has 1 fully saturated rings. The second kappa shape index (κ2) is 5.32. The predicted molar refractivity (Wildman–Crippen MR) is 56.6 cm³/mol. The maximum Gasteiger partial charge on any atom is 0.237 e. The molecule has 1 amide bonds. The number of nitrogens with one attached hydrogen (secondary N) is 1. The maximum atomic E-state index is 11.5. The molecule has 0 bridgehead atoms. The minimum Gasteiger partial charge on any atom is -0.350 e. The first-order valence-electron chi connectivity index (χ1n) is 5.46. The zero-order valence-electron chi connectivity index (χ0n) is 8.83. The summed E-state index contributed by atoms with van der Waals surface area (Å²) in [6, 6.07) is -0.144. The van der Waals surface area contributed by atoms with Crippen LogP contribution in [-0.4, -0.2) is 24.0 Å². The molecule has 1 aliphatic carbocycles. The Morgan fingerprint density at radius 2 is 2.14 bits per heavy atom. The molecule has 82 valence electrons. The molecule has 0 spiro atoms. The van der Waals surface area contributed by atoms with Crippen LogP contribution in [0.4, 0.5) is 0 Å². The average molecular weight is 199 g/mol. The number of carbonyl (C=O) groups is 1. The van der Waals surface area contributed by atoms with E-state index in [0.717, 1.165) is 19.3 Å². The Balaban J connectivity index is 2.38. The van der Waals surface area contributed by atoms with Gasteiger partial charge in [-0.15, -0.1) is 0 Å². The van der Waals surface area contributed by atoms with Gasteiger partial charge in [0.25, 0.3) is 0 Å². The van der Waals surface area contributed by atoms with Crippen molar-refractivity contribution in [3.05, 3.63) is 0 Å². The molecule has 4 heteroatoms. The van der Waals surface area contributed by atoms with Gasteiger partial charge in [-0.1, -0.05) is 19.8 Å². The second-order valence-corrected chi connectivity index (χ2v) is 4.08. The minimum absolute atomic E-state index is 0.0603. The van der Waals surface area contributed by atoms with Crippen molar-refractivity contribution in [3.63, 3.8) is 0 Å². The van der Waals surface area contributed by atoms with Crippen molar-refractivity contribution >= 4 is 5.91 Å². The molecule has 0 radical (unpaired) electrons. The van der Waals surface area contributed by atoms with Crippen molar-refractivity contribution < 1.29 is 4.79 Å². The molecule has 1 aliphatic rings. The van der Waals surface area contributed by atoms with E-state index in [9.17, 15) is 4.79 Å². The van der Waals surface area contributed by atoms with Crippen LogP contribution in [-0.2, 0) is 4.79 Å². The van der Waals surface area contributed by atoms with Gasteiger partial charge in [0.2, 0.25) is 5.91 Å². The Labute approximate surface area is 85.4 Å². The van der Waals surface area contributed by atoms with Crippen molar-refractivity contribution in [2.24, 2.45) is 11.5 Å². The molecule has 5 N–H and O–H groups in total. The van der Waals surface area contributed by atoms with E-state index in [0.29, 0.717) is 6.42 Å². The Morgan fingerprint density at radius 1 is 1.50 bits per heavy atom. The standard InChI is InChI=1S/C10H21N3O/c1-2-7(11)10(14)13-9-6-4-3-5-8(9)12/h7-9H,2-6,11-12H2,1H3,(H,13,14)/t7-,8-,9-/m1/s1. The summed E-state index contributed by atoms with van der Waals surface area (Å²) < 4.78 is 0. The van der Waals surface area contributed by atoms with Gasteiger partial charge < -0.3 is 16.8 Å². The summed E-state index contributed by atoms with van der Waals surface area (Å²) in [6.45, 7) is 1.91. The fraction of sp³-hybridized carbons (Fsp3) is 0.900. The third-order valence-electron chi connectivity index (χ3n) is 2.92. The summed E-state index contributed by atoms with van der Waals surface area (Å²) in [5.74, 6) is -0.0603. The van der Waals surface area contributed by atoms with Crippen LogP contribution in [0.3, 0.4) is 0 Å². The van der Waals surface area contributed by atoms with Gasteiger partial charge in [-0.2, -0.15) is 0 Å². The Bertz CT molecular complexity index is 196. The topological polar surface area (TPSA) is 81.1 Å². The first-order chi connectivity index (χ1) is 6.65. The lowest BCUT2D eigenvalue weighted by Gasteiger charge is -2.30. The highest BCUT2D eigenvalue weighted by molar-refractivity contribution is 5.81. The minimum atomic E-state index is -0.385. The van der Waals surface area contributed by atoms with E-state index < -0.39 is 0 Å². The summed E-state index contributed by atoms with van der Waals surface area (Å²) >= 11 is 0. The molecule has 0 unspecified atom stereocenters. The SMILES string of the molecule is CC[C@@H](N)C(=O)N[C@@H]1CCCC[C@H]1N. The number of hydrogen-bond acceptors (Lipinski definition) is 3. The van der Waals surface area contributed by atoms with Crippen molar-refractivity contribution in [2.45, 2.75) is 57.2 Å². The summed E-state index contributed by atoms with van der Waals surface area (Å²) in [5.41, 5.74) is 11.5. The average Bonchev–Trinajstić information content (AvgIpc) is 2.20. The first kappa shape index (κ1) is 11.5. The lowest BCUT2D eigenvalue weighted by Crippen LogP contribution is -2.53. The Kier molecular flexibility index (Phi) is 4.35. The molecule has 3 atom stereocenters. The van der Waals surface area contributed by atoms with E-state index in [1.165, 1.54) is 6.42 Å². The van der Waals surface area contributed by atoms with Crippen LogP contribution in [0.15, 0.2) is 0 Å². The van der Waals surface area contributed by atoms with Crippen LogP contribution in [0, 0.1) is 0 Å². The molecule has 14 heavy (non-hydrogen) atoms. The van der Waals surface area contributed by atoms with E-state index in [4.69, 9.17) is 11.5 Å². The summed E-state index contributed by atoms with van der Waals surface area (Å²) in [6.07, 6.45) is 5.00. The third-order valence-corrected chi connectivity index (χ3v) is 2.92. The van der Waals surface area contributed by atoms with Gasteiger partial charge in [0.1, 0.15) is 0 Å². The maximum absolute atomic E-state index is 11.5. The van der Waals surface area contributed by atoms with Crippen LogP contribution in [0.5, 0.6) is 0 Å². The van der Waals surface area contributed by atoms with E-state index in [1.54, 1.807) is 0 Å². The quantitative estimate of drug-likeness (QED) is 0.603. The highest BCUT2D eigenvalue weighted by Gasteiger charge is 2.24. The molecular formula is C10H21N3O. The monoisotopic (exact) mass is 199 g/mol. The van der Waals surface area contributed by atoms with E-state index in [2.05, 4.69) is 5.32 Å². The van der Waals surface area contributed by atoms with E-state index >= 15 is 0 Å². The first-order valence-corrected chi connectivity index (χ1v) is 5.46. The van der Waals surface area contributed by atoms with Crippen molar-refractivity contribution in [2.75, 3.05) is 0 Å². The molecule has 0 saturated heterocycles. The highest BCUT2D eigenvalue weighted by Crippen LogP contribution is 2.16. The molecule has 0 heterocycles. The smallest absolute Gasteiger partial charge is 0.237 e. The Morgan fingerprint density at radius 3 is 2.71 bits per heavy atom. The largest absolute Gasteiger partial charge is 0.350 e. The fourth-order valence-electron chi connectivity index (χ4n) is 1.81. The number of amides is 1. The highest BCUT2D eigenvalue weighted by atomic mass is 16.2. The predicted octanol–water partition coefficient (Wildman–Crippen LogP) is 0.110. The summed E-state index contributed by atoms with van der Waals surface area (Å²) in [5, 5.41) is 2.93. The summed E-state index contributed by atoms with van der Waals surface area (Å²) in [7, 11) is 0. The zero-order valence-corrected chi connectivity index (χ0v) is 8.83. The fourth-order valence-corrected chi connectivity index (χ4v) is 1.81. The molecule has 0 aromatic carbocycles. The van der Waals surface area contributed by atoms with Crippen LogP contribution >= 0.6 is 0 Å². The van der Waals surface area contributed by atoms with Crippen molar-refractivity contribution in [1.82, 2.24) is 5.32 Å². The molecular weight excluding hydrogens is 178 g/mol. The van der Waals surface area contributed by atoms with Crippen molar-refractivity contribution in [3.8, 4) is 0 Å². The van der Waals surface area contributed by atoms with Crippen LogP contribution in [0.1, 0.15) is 39.0 Å². The van der Waals surface area contributed by atoms with Crippen LogP contribution in [0.2, 0.25) is 0 Å². The molecule has 0 aromatic rings. The zero-order chi connectivity index (χ0) is 10.6. The number of nitrogens with two attached hydrogens (primary N) is 2. The Hall–Kier alpha value is -0.610.